The van der Waals surface area contributed by atoms with Crippen LogP contribution in [0.3, 0.4) is 0 Å². The van der Waals surface area contributed by atoms with E-state index in [9.17, 15) is 9.59 Å². The number of carbonyl (C=O) groups is 1. The van der Waals surface area contributed by atoms with E-state index in [-0.39, 0.29) is 17.4 Å². The van der Waals surface area contributed by atoms with Gasteiger partial charge >= 0.3 is 0 Å². The van der Waals surface area contributed by atoms with Crippen molar-refractivity contribution in [1.82, 2.24) is 15.0 Å². The summed E-state index contributed by atoms with van der Waals surface area (Å²) >= 11 is 7.24. The molecule has 3 aromatic rings. The zero-order valence-electron chi connectivity index (χ0n) is 11.5. The number of amides is 1. The van der Waals surface area contributed by atoms with E-state index in [1.54, 1.807) is 13.0 Å². The first-order valence-corrected chi connectivity index (χ1v) is 7.63. The van der Waals surface area contributed by atoms with Gasteiger partial charge in [0, 0.05) is 4.88 Å². The summed E-state index contributed by atoms with van der Waals surface area (Å²) in [7, 11) is 0. The zero-order valence-corrected chi connectivity index (χ0v) is 13.0. The van der Waals surface area contributed by atoms with Crippen molar-refractivity contribution in [3.63, 3.8) is 0 Å². The molecule has 0 saturated heterocycles. The van der Waals surface area contributed by atoms with E-state index in [1.165, 1.54) is 29.9 Å². The maximum Gasteiger partial charge on any atom is 0.258 e. The molecule has 0 saturated carbocycles. The molecule has 1 amide bonds. The minimum Gasteiger partial charge on any atom is -0.313 e. The number of aromatic amines is 1. The average Bonchev–Trinajstić information content (AvgIpc) is 2.94. The van der Waals surface area contributed by atoms with Crippen molar-refractivity contribution in [3.8, 4) is 0 Å². The first-order valence-electron chi connectivity index (χ1n) is 6.44. The van der Waals surface area contributed by atoms with Gasteiger partial charge in [-0.05, 0) is 25.1 Å². The molecule has 3 rings (SSSR count). The Kier molecular flexibility index (Phi) is 3.91. The van der Waals surface area contributed by atoms with E-state index in [2.05, 4.69) is 20.3 Å². The van der Waals surface area contributed by atoms with Gasteiger partial charge in [0.2, 0.25) is 5.91 Å². The Bertz CT molecular complexity index is 905. The lowest BCUT2D eigenvalue weighted by molar-refractivity contribution is -0.117. The largest absolute Gasteiger partial charge is 0.313 e. The fourth-order valence-electron chi connectivity index (χ4n) is 1.96. The van der Waals surface area contributed by atoms with Crippen LogP contribution < -0.4 is 10.9 Å². The van der Waals surface area contributed by atoms with Gasteiger partial charge in [-0.15, -0.1) is 11.3 Å². The van der Waals surface area contributed by atoms with Crippen molar-refractivity contribution in [2.24, 2.45) is 0 Å². The summed E-state index contributed by atoms with van der Waals surface area (Å²) in [5, 5.41) is 3.08. The van der Waals surface area contributed by atoms with Gasteiger partial charge in [-0.2, -0.15) is 0 Å². The van der Waals surface area contributed by atoms with Crippen LogP contribution in [0.5, 0.6) is 0 Å². The Morgan fingerprint density at radius 3 is 2.95 bits per heavy atom. The lowest BCUT2D eigenvalue weighted by atomic mass is 10.1. The number of fused-ring (bicyclic) bond motifs is 1. The van der Waals surface area contributed by atoms with Gasteiger partial charge in [0.25, 0.3) is 5.56 Å². The summed E-state index contributed by atoms with van der Waals surface area (Å²) in [6, 6.07) is 5.08. The third-order valence-electron chi connectivity index (χ3n) is 3.19. The molecule has 0 bridgehead atoms. The van der Waals surface area contributed by atoms with Crippen LogP contribution in [0.2, 0.25) is 4.34 Å². The maximum absolute atomic E-state index is 12.3. The van der Waals surface area contributed by atoms with Crippen LogP contribution in [-0.4, -0.2) is 20.9 Å². The molecule has 0 aliphatic heterocycles. The minimum atomic E-state index is -0.359. The van der Waals surface area contributed by atoms with Gasteiger partial charge in [-0.1, -0.05) is 11.6 Å². The van der Waals surface area contributed by atoms with E-state index >= 15 is 0 Å². The van der Waals surface area contributed by atoms with Gasteiger partial charge < -0.3 is 10.3 Å². The SMILES string of the molecule is CC(C(=O)Nc1cc2c(=O)[nH]cnc2cn1)c1ccc(Cl)s1. The average molecular weight is 335 g/mol. The summed E-state index contributed by atoms with van der Waals surface area (Å²) in [6.07, 6.45) is 2.76. The second-order valence-electron chi connectivity index (χ2n) is 4.67. The molecule has 3 heterocycles. The van der Waals surface area contributed by atoms with Crippen LogP contribution in [0, 0.1) is 0 Å². The molecular formula is C14H11ClN4O2S. The number of hydrogen-bond donors (Lipinski definition) is 2. The first kappa shape index (κ1) is 14.7. The fourth-order valence-corrected chi connectivity index (χ4v) is 3.08. The molecule has 0 spiro atoms. The maximum atomic E-state index is 12.3. The number of nitrogens with zero attached hydrogens (tertiary/aromatic N) is 2. The Labute approximate surface area is 134 Å². The first-order chi connectivity index (χ1) is 10.5. The smallest absolute Gasteiger partial charge is 0.258 e. The summed E-state index contributed by atoms with van der Waals surface area (Å²) in [6.45, 7) is 1.78. The predicted molar refractivity (Wildman–Crippen MR) is 86.5 cm³/mol. The van der Waals surface area contributed by atoms with Crippen LogP contribution in [-0.2, 0) is 4.79 Å². The van der Waals surface area contributed by atoms with Gasteiger partial charge in [-0.25, -0.2) is 9.97 Å². The highest BCUT2D eigenvalue weighted by atomic mass is 35.5. The molecule has 0 aliphatic carbocycles. The molecular weight excluding hydrogens is 324 g/mol. The molecule has 112 valence electrons. The second kappa shape index (κ2) is 5.86. The standard InChI is InChI=1S/C14H11ClN4O2S/c1-7(10-2-3-11(15)22-10)13(20)19-12-4-8-9(5-16-12)17-6-18-14(8)21/h2-7H,1H3,(H,16,19,20)(H,17,18,21). The van der Waals surface area contributed by atoms with Gasteiger partial charge in [0.15, 0.2) is 0 Å². The lowest BCUT2D eigenvalue weighted by Crippen LogP contribution is -2.19. The number of H-pyrrole nitrogens is 1. The van der Waals surface area contributed by atoms with Crippen molar-refractivity contribution in [2.75, 3.05) is 5.32 Å². The number of nitrogens with one attached hydrogen (secondary N) is 2. The molecule has 1 unspecified atom stereocenters. The summed E-state index contributed by atoms with van der Waals surface area (Å²) in [4.78, 5) is 35.4. The predicted octanol–water partition coefficient (Wildman–Crippen LogP) is 2.78. The molecule has 8 heteroatoms. The highest BCUT2D eigenvalue weighted by Crippen LogP contribution is 2.28. The molecule has 22 heavy (non-hydrogen) atoms. The van der Waals surface area contributed by atoms with Crippen LogP contribution in [0.4, 0.5) is 5.82 Å². The number of aromatic nitrogens is 3. The van der Waals surface area contributed by atoms with Crippen LogP contribution in [0.1, 0.15) is 17.7 Å². The Morgan fingerprint density at radius 2 is 2.23 bits per heavy atom. The lowest BCUT2D eigenvalue weighted by Gasteiger charge is -2.10. The molecule has 0 fully saturated rings. The van der Waals surface area contributed by atoms with E-state index in [0.29, 0.717) is 21.1 Å². The van der Waals surface area contributed by atoms with E-state index in [0.717, 1.165) is 4.88 Å². The molecule has 0 radical (unpaired) electrons. The van der Waals surface area contributed by atoms with Gasteiger partial charge in [0.05, 0.1) is 33.7 Å². The summed E-state index contributed by atoms with van der Waals surface area (Å²) in [5.41, 5.74) is 0.195. The molecule has 2 N–H and O–H groups in total. The normalized spacial score (nSPS) is 12.3. The Balaban J connectivity index is 1.85. The third-order valence-corrected chi connectivity index (χ3v) is 4.61. The van der Waals surface area contributed by atoms with E-state index in [1.807, 2.05) is 6.07 Å². The number of rotatable bonds is 3. The van der Waals surface area contributed by atoms with Gasteiger partial charge in [-0.3, -0.25) is 9.59 Å². The van der Waals surface area contributed by atoms with Crippen molar-refractivity contribution < 1.29 is 4.79 Å². The second-order valence-corrected chi connectivity index (χ2v) is 6.42. The zero-order chi connectivity index (χ0) is 15.7. The van der Waals surface area contributed by atoms with Crippen LogP contribution >= 0.6 is 22.9 Å². The summed E-state index contributed by atoms with van der Waals surface area (Å²) < 4.78 is 0.635. The Hall–Kier alpha value is -2.25. The monoisotopic (exact) mass is 334 g/mol. The number of hydrogen-bond acceptors (Lipinski definition) is 5. The fraction of sp³-hybridized carbons (Fsp3) is 0.143. The van der Waals surface area contributed by atoms with Crippen LogP contribution in [0.25, 0.3) is 10.9 Å². The summed E-state index contributed by atoms with van der Waals surface area (Å²) in [5.74, 6) is -0.265. The minimum absolute atomic E-state index is 0.217. The number of halogens is 1. The van der Waals surface area contributed by atoms with Crippen molar-refractivity contribution in [2.45, 2.75) is 12.8 Å². The molecule has 0 aromatic carbocycles. The van der Waals surface area contributed by atoms with Crippen molar-refractivity contribution in [3.05, 3.63) is 50.3 Å². The number of anilines is 1. The highest BCUT2D eigenvalue weighted by Gasteiger charge is 2.18. The van der Waals surface area contributed by atoms with Gasteiger partial charge in [0.1, 0.15) is 5.82 Å². The third kappa shape index (κ3) is 2.86. The van der Waals surface area contributed by atoms with Crippen molar-refractivity contribution >= 4 is 45.6 Å². The number of pyridine rings is 1. The highest BCUT2D eigenvalue weighted by molar-refractivity contribution is 7.16. The number of carbonyl (C=O) groups excluding carboxylic acids is 1. The molecule has 6 nitrogen and oxygen atoms in total. The molecule has 3 aromatic heterocycles. The van der Waals surface area contributed by atoms with E-state index in [4.69, 9.17) is 11.6 Å². The number of thiophene rings is 1. The molecule has 1 atom stereocenters. The quantitative estimate of drug-likeness (QED) is 0.771. The van der Waals surface area contributed by atoms with E-state index < -0.39 is 0 Å². The van der Waals surface area contributed by atoms with Crippen LogP contribution in [0.15, 0.2) is 35.5 Å². The molecule has 0 aliphatic rings. The topological polar surface area (TPSA) is 87.7 Å². The Morgan fingerprint density at radius 1 is 1.41 bits per heavy atom. The van der Waals surface area contributed by atoms with Crippen molar-refractivity contribution in [1.29, 1.82) is 0 Å².